The molecule has 0 aliphatic heterocycles. The number of nitro benzene ring substituents is 1. The quantitative estimate of drug-likeness (QED) is 0.612. The van der Waals surface area contributed by atoms with E-state index in [9.17, 15) is 10.1 Å². The predicted molar refractivity (Wildman–Crippen MR) is 70.9 cm³/mol. The molecule has 0 aliphatic rings. The van der Waals surface area contributed by atoms with Crippen LogP contribution in [0.5, 0.6) is 0 Å². The predicted octanol–water partition coefficient (Wildman–Crippen LogP) is 2.76. The molecule has 1 N–H and O–H groups in total. The highest BCUT2D eigenvalue weighted by Crippen LogP contribution is 2.23. The molecule has 1 aromatic carbocycles. The van der Waals surface area contributed by atoms with E-state index in [-0.39, 0.29) is 11.7 Å². The molecule has 1 rings (SSSR count). The maximum absolute atomic E-state index is 10.9. The summed E-state index contributed by atoms with van der Waals surface area (Å²) in [5.74, 6) is 0. The van der Waals surface area contributed by atoms with E-state index < -0.39 is 4.92 Å². The molecule has 1 atom stereocenters. The lowest BCUT2D eigenvalue weighted by Gasteiger charge is -2.15. The third-order valence-electron chi connectivity index (χ3n) is 2.69. The third-order valence-corrected chi connectivity index (χ3v) is 2.92. The summed E-state index contributed by atoms with van der Waals surface area (Å²) in [4.78, 5) is 10.5. The third kappa shape index (κ3) is 4.25. The van der Waals surface area contributed by atoms with Crippen LogP contribution < -0.4 is 5.32 Å². The maximum atomic E-state index is 10.9. The fourth-order valence-corrected chi connectivity index (χ4v) is 1.80. The van der Waals surface area contributed by atoms with Crippen molar-refractivity contribution in [3.05, 3.63) is 38.9 Å². The molecule has 0 aliphatic carbocycles. The molecule has 0 fully saturated rings. The first-order valence-electron chi connectivity index (χ1n) is 5.73. The lowest BCUT2D eigenvalue weighted by atomic mass is 10.1. The molecule has 0 heterocycles. The number of ether oxygens (including phenoxy) is 1. The molecular formula is C12H17ClN2O3. The first-order chi connectivity index (χ1) is 8.58. The monoisotopic (exact) mass is 272 g/mol. The number of hydrogen-bond donors (Lipinski definition) is 1. The maximum Gasteiger partial charge on any atom is 0.275 e. The Bertz CT molecular complexity index is 412. The highest BCUT2D eigenvalue weighted by Gasteiger charge is 2.15. The van der Waals surface area contributed by atoms with E-state index in [2.05, 4.69) is 5.32 Å². The van der Waals surface area contributed by atoms with Crippen molar-refractivity contribution >= 4 is 17.3 Å². The molecule has 0 bridgehead atoms. The van der Waals surface area contributed by atoms with Crippen LogP contribution in [0.4, 0.5) is 5.69 Å². The molecule has 100 valence electrons. The van der Waals surface area contributed by atoms with Crippen LogP contribution in [0.3, 0.4) is 0 Å². The minimum absolute atomic E-state index is 0.0438. The highest BCUT2D eigenvalue weighted by molar-refractivity contribution is 6.30. The van der Waals surface area contributed by atoms with Gasteiger partial charge >= 0.3 is 0 Å². The average Bonchev–Trinajstić information content (AvgIpc) is 2.35. The van der Waals surface area contributed by atoms with Gasteiger partial charge in [-0.05, 0) is 18.6 Å². The molecule has 0 amide bonds. The molecule has 5 nitrogen and oxygen atoms in total. The van der Waals surface area contributed by atoms with Crippen LogP contribution in [0.1, 0.15) is 18.9 Å². The first kappa shape index (κ1) is 14.9. The number of halogens is 1. The summed E-state index contributed by atoms with van der Waals surface area (Å²) in [6.45, 7) is 3.04. The first-order valence-corrected chi connectivity index (χ1v) is 6.11. The molecule has 0 spiro atoms. The van der Waals surface area contributed by atoms with E-state index in [0.717, 1.165) is 6.42 Å². The summed E-state index contributed by atoms with van der Waals surface area (Å²) in [7, 11) is 1.63. The second-order valence-corrected chi connectivity index (χ2v) is 4.41. The van der Waals surface area contributed by atoms with Crippen molar-refractivity contribution in [1.29, 1.82) is 0 Å². The summed E-state index contributed by atoms with van der Waals surface area (Å²) in [5.41, 5.74) is 0.668. The van der Waals surface area contributed by atoms with Crippen LogP contribution >= 0.6 is 11.6 Å². The normalized spacial score (nSPS) is 12.4. The van der Waals surface area contributed by atoms with Gasteiger partial charge in [0.15, 0.2) is 0 Å². The minimum atomic E-state index is -0.417. The molecule has 1 unspecified atom stereocenters. The van der Waals surface area contributed by atoms with Crippen LogP contribution in [0.2, 0.25) is 5.02 Å². The minimum Gasteiger partial charge on any atom is -0.383 e. The Morgan fingerprint density at radius 1 is 1.56 bits per heavy atom. The number of rotatable bonds is 7. The fraction of sp³-hybridized carbons (Fsp3) is 0.500. The van der Waals surface area contributed by atoms with E-state index in [0.29, 0.717) is 23.7 Å². The number of nitrogens with one attached hydrogen (secondary N) is 1. The molecule has 6 heteroatoms. The lowest BCUT2D eigenvalue weighted by molar-refractivity contribution is -0.385. The van der Waals surface area contributed by atoms with Crippen LogP contribution in [-0.4, -0.2) is 24.7 Å². The summed E-state index contributed by atoms with van der Waals surface area (Å²) in [6, 6.07) is 4.89. The summed E-state index contributed by atoms with van der Waals surface area (Å²) in [6.07, 6.45) is 0.898. The van der Waals surface area contributed by atoms with E-state index in [4.69, 9.17) is 16.3 Å². The number of methoxy groups -OCH3 is 1. The SMILES string of the molecule is CCC(COC)NCc1ccc(Cl)cc1[N+](=O)[O-]. The van der Waals surface area contributed by atoms with Gasteiger partial charge in [0, 0.05) is 36.3 Å². The van der Waals surface area contributed by atoms with Crippen molar-refractivity contribution in [2.24, 2.45) is 0 Å². The van der Waals surface area contributed by atoms with Crippen molar-refractivity contribution in [2.45, 2.75) is 25.9 Å². The smallest absolute Gasteiger partial charge is 0.275 e. The zero-order valence-corrected chi connectivity index (χ0v) is 11.2. The Labute approximate surface area is 111 Å². The van der Waals surface area contributed by atoms with Crippen LogP contribution in [0.15, 0.2) is 18.2 Å². The Morgan fingerprint density at radius 2 is 2.28 bits per heavy atom. The van der Waals surface area contributed by atoms with Crippen molar-refractivity contribution in [3.63, 3.8) is 0 Å². The van der Waals surface area contributed by atoms with Gasteiger partial charge in [0.05, 0.1) is 11.5 Å². The van der Waals surface area contributed by atoms with Gasteiger partial charge in [-0.2, -0.15) is 0 Å². The second kappa shape index (κ2) is 7.31. The number of nitro groups is 1. The largest absolute Gasteiger partial charge is 0.383 e. The van der Waals surface area contributed by atoms with Gasteiger partial charge in [0.2, 0.25) is 0 Å². The van der Waals surface area contributed by atoms with E-state index in [1.54, 1.807) is 19.2 Å². The van der Waals surface area contributed by atoms with Gasteiger partial charge in [-0.1, -0.05) is 18.5 Å². The van der Waals surface area contributed by atoms with Crippen molar-refractivity contribution in [1.82, 2.24) is 5.32 Å². The topological polar surface area (TPSA) is 64.4 Å². The van der Waals surface area contributed by atoms with Crippen LogP contribution in [0.25, 0.3) is 0 Å². The van der Waals surface area contributed by atoms with Crippen LogP contribution in [-0.2, 0) is 11.3 Å². The lowest BCUT2D eigenvalue weighted by Crippen LogP contribution is -2.32. The Kier molecular flexibility index (Phi) is 6.04. The summed E-state index contributed by atoms with van der Waals surface area (Å²) in [5, 5.41) is 14.5. The zero-order valence-electron chi connectivity index (χ0n) is 10.5. The molecule has 0 radical (unpaired) electrons. The number of nitrogens with zero attached hydrogens (tertiary/aromatic N) is 1. The average molecular weight is 273 g/mol. The molecule has 18 heavy (non-hydrogen) atoms. The molecule has 0 saturated heterocycles. The Morgan fingerprint density at radius 3 is 2.83 bits per heavy atom. The molecule has 1 aromatic rings. The van der Waals surface area contributed by atoms with Gasteiger partial charge in [0.25, 0.3) is 5.69 Å². The number of benzene rings is 1. The van der Waals surface area contributed by atoms with Gasteiger partial charge < -0.3 is 10.1 Å². The van der Waals surface area contributed by atoms with Gasteiger partial charge in [-0.15, -0.1) is 0 Å². The Balaban J connectivity index is 2.74. The van der Waals surface area contributed by atoms with E-state index >= 15 is 0 Å². The second-order valence-electron chi connectivity index (χ2n) is 3.97. The van der Waals surface area contributed by atoms with Gasteiger partial charge in [-0.3, -0.25) is 10.1 Å². The molecular weight excluding hydrogens is 256 g/mol. The zero-order chi connectivity index (χ0) is 13.5. The highest BCUT2D eigenvalue weighted by atomic mass is 35.5. The summed E-state index contributed by atoms with van der Waals surface area (Å²) >= 11 is 5.76. The Hall–Kier alpha value is -1.17. The van der Waals surface area contributed by atoms with Crippen molar-refractivity contribution in [2.75, 3.05) is 13.7 Å². The van der Waals surface area contributed by atoms with Crippen molar-refractivity contribution < 1.29 is 9.66 Å². The molecule has 0 saturated carbocycles. The van der Waals surface area contributed by atoms with Crippen molar-refractivity contribution in [3.8, 4) is 0 Å². The standard InChI is InChI=1S/C12H17ClN2O3/c1-3-11(8-18-2)14-7-9-4-5-10(13)6-12(9)15(16)17/h4-6,11,14H,3,7-8H2,1-2H3. The van der Waals surface area contributed by atoms with E-state index in [1.807, 2.05) is 6.92 Å². The van der Waals surface area contributed by atoms with Gasteiger partial charge in [0.1, 0.15) is 0 Å². The number of hydrogen-bond acceptors (Lipinski definition) is 4. The van der Waals surface area contributed by atoms with Crippen LogP contribution in [0, 0.1) is 10.1 Å². The fourth-order valence-electron chi connectivity index (χ4n) is 1.63. The van der Waals surface area contributed by atoms with E-state index in [1.165, 1.54) is 6.07 Å². The summed E-state index contributed by atoms with van der Waals surface area (Å²) < 4.78 is 5.06. The molecule has 0 aromatic heterocycles. The van der Waals surface area contributed by atoms with Gasteiger partial charge in [-0.25, -0.2) is 0 Å².